The molecule has 0 nitrogen and oxygen atoms in total. The third-order valence-corrected chi connectivity index (χ3v) is 4.17. The summed E-state index contributed by atoms with van der Waals surface area (Å²) >= 11 is 3.46. The molecule has 0 N–H and O–H groups in total. The molecule has 2 rings (SSSR count). The van der Waals surface area contributed by atoms with Gasteiger partial charge in [0.15, 0.2) is 0 Å². The van der Waals surface area contributed by atoms with Crippen molar-refractivity contribution >= 4 is 15.9 Å². The maximum absolute atomic E-state index is 13.0. The molecule has 16 heavy (non-hydrogen) atoms. The highest BCUT2D eigenvalue weighted by Gasteiger charge is 2.33. The standard InChI is InChI=1S/C13H15BrF2/c14-12-8-4-3-6-10(12)9-5-1-2-7-11(9)13(15)16/h3-4,6,8-9,11,13H,1-2,5,7H2. The van der Waals surface area contributed by atoms with Crippen molar-refractivity contribution < 1.29 is 8.78 Å². The van der Waals surface area contributed by atoms with Crippen LogP contribution in [0.1, 0.15) is 37.2 Å². The van der Waals surface area contributed by atoms with E-state index in [1.807, 2.05) is 24.3 Å². The Morgan fingerprint density at radius 1 is 1.12 bits per heavy atom. The Bertz CT molecular complexity index is 352. The van der Waals surface area contributed by atoms with Crippen molar-refractivity contribution in [2.75, 3.05) is 0 Å². The molecule has 1 saturated carbocycles. The van der Waals surface area contributed by atoms with E-state index < -0.39 is 12.3 Å². The number of alkyl halides is 2. The van der Waals surface area contributed by atoms with Crippen LogP contribution >= 0.6 is 15.9 Å². The first-order chi connectivity index (χ1) is 7.70. The minimum Gasteiger partial charge on any atom is -0.210 e. The zero-order chi connectivity index (χ0) is 11.5. The molecule has 0 amide bonds. The fourth-order valence-electron chi connectivity index (χ4n) is 2.62. The van der Waals surface area contributed by atoms with Crippen molar-refractivity contribution in [2.24, 2.45) is 5.92 Å². The molecule has 2 unspecified atom stereocenters. The summed E-state index contributed by atoms with van der Waals surface area (Å²) in [6, 6.07) is 7.76. The zero-order valence-corrected chi connectivity index (χ0v) is 10.6. The van der Waals surface area contributed by atoms with E-state index in [4.69, 9.17) is 0 Å². The summed E-state index contributed by atoms with van der Waals surface area (Å²) in [5.74, 6) is -0.447. The van der Waals surface area contributed by atoms with Crippen LogP contribution < -0.4 is 0 Å². The SMILES string of the molecule is FC(F)C1CCCCC1c1ccccc1Br. The summed E-state index contributed by atoms with van der Waals surface area (Å²) < 4.78 is 26.9. The maximum Gasteiger partial charge on any atom is 0.242 e. The van der Waals surface area contributed by atoms with Gasteiger partial charge in [-0.2, -0.15) is 0 Å². The number of hydrogen-bond acceptors (Lipinski definition) is 0. The molecule has 0 heterocycles. The largest absolute Gasteiger partial charge is 0.242 e. The van der Waals surface area contributed by atoms with Crippen LogP contribution in [0.3, 0.4) is 0 Å². The van der Waals surface area contributed by atoms with Crippen molar-refractivity contribution in [3.05, 3.63) is 34.3 Å². The molecule has 0 spiro atoms. The minimum absolute atomic E-state index is 0.0179. The van der Waals surface area contributed by atoms with Gasteiger partial charge in [0.25, 0.3) is 0 Å². The predicted molar refractivity (Wildman–Crippen MR) is 64.8 cm³/mol. The first-order valence-corrected chi connectivity index (χ1v) is 6.52. The highest BCUT2D eigenvalue weighted by atomic mass is 79.9. The van der Waals surface area contributed by atoms with Crippen LogP contribution in [0, 0.1) is 5.92 Å². The lowest BCUT2D eigenvalue weighted by atomic mass is 9.75. The van der Waals surface area contributed by atoms with E-state index >= 15 is 0 Å². The second-order valence-electron chi connectivity index (χ2n) is 4.41. The monoisotopic (exact) mass is 288 g/mol. The van der Waals surface area contributed by atoms with Gasteiger partial charge >= 0.3 is 0 Å². The molecule has 1 fully saturated rings. The Kier molecular flexibility index (Phi) is 3.95. The molecule has 0 radical (unpaired) electrons. The summed E-state index contributed by atoms with van der Waals surface area (Å²) in [5.41, 5.74) is 1.05. The summed E-state index contributed by atoms with van der Waals surface area (Å²) in [7, 11) is 0. The molecule has 3 heteroatoms. The van der Waals surface area contributed by atoms with E-state index in [1.54, 1.807) is 0 Å². The maximum atomic E-state index is 13.0. The van der Waals surface area contributed by atoms with Crippen LogP contribution in [0.5, 0.6) is 0 Å². The molecule has 1 aliphatic rings. The van der Waals surface area contributed by atoms with Crippen molar-refractivity contribution in [1.29, 1.82) is 0 Å². The lowest BCUT2D eigenvalue weighted by Crippen LogP contribution is -2.24. The Morgan fingerprint density at radius 3 is 2.50 bits per heavy atom. The van der Waals surface area contributed by atoms with Gasteiger partial charge in [-0.3, -0.25) is 0 Å². The summed E-state index contributed by atoms with van der Waals surface area (Å²) in [6.45, 7) is 0. The Labute approximate surface area is 103 Å². The molecular formula is C13H15BrF2. The Hall–Kier alpha value is -0.440. The van der Waals surface area contributed by atoms with Gasteiger partial charge in [0.1, 0.15) is 0 Å². The normalized spacial score (nSPS) is 26.0. The minimum atomic E-state index is -2.20. The lowest BCUT2D eigenvalue weighted by molar-refractivity contribution is 0.0429. The van der Waals surface area contributed by atoms with E-state index in [9.17, 15) is 8.78 Å². The fraction of sp³-hybridized carbons (Fsp3) is 0.538. The second kappa shape index (κ2) is 5.26. The van der Waals surface area contributed by atoms with E-state index in [0.717, 1.165) is 29.3 Å². The Balaban J connectivity index is 2.27. The van der Waals surface area contributed by atoms with Crippen LogP contribution in [-0.4, -0.2) is 6.43 Å². The molecule has 0 aliphatic heterocycles. The van der Waals surface area contributed by atoms with Gasteiger partial charge < -0.3 is 0 Å². The first-order valence-electron chi connectivity index (χ1n) is 5.72. The van der Waals surface area contributed by atoms with Crippen molar-refractivity contribution in [3.63, 3.8) is 0 Å². The topological polar surface area (TPSA) is 0 Å². The highest BCUT2D eigenvalue weighted by Crippen LogP contribution is 2.43. The molecule has 1 aliphatic carbocycles. The third-order valence-electron chi connectivity index (χ3n) is 3.45. The summed E-state index contributed by atoms with van der Waals surface area (Å²) in [6.07, 6.45) is 1.35. The molecule has 2 atom stereocenters. The first kappa shape index (κ1) is 12.0. The molecule has 88 valence electrons. The van der Waals surface area contributed by atoms with E-state index in [1.165, 1.54) is 0 Å². The fourth-order valence-corrected chi connectivity index (χ4v) is 3.20. The van der Waals surface area contributed by atoms with Crippen LogP contribution in [-0.2, 0) is 0 Å². The van der Waals surface area contributed by atoms with Gasteiger partial charge in [-0.05, 0) is 30.4 Å². The van der Waals surface area contributed by atoms with Crippen LogP contribution in [0.2, 0.25) is 0 Å². The van der Waals surface area contributed by atoms with Crippen LogP contribution in [0.25, 0.3) is 0 Å². The average molecular weight is 289 g/mol. The van der Waals surface area contributed by atoms with Gasteiger partial charge in [-0.1, -0.05) is 47.0 Å². The average Bonchev–Trinajstić information content (AvgIpc) is 2.29. The molecule has 0 aromatic heterocycles. The van der Waals surface area contributed by atoms with Gasteiger partial charge in [0.2, 0.25) is 6.43 Å². The smallest absolute Gasteiger partial charge is 0.210 e. The molecular weight excluding hydrogens is 274 g/mol. The molecule has 0 saturated heterocycles. The second-order valence-corrected chi connectivity index (χ2v) is 5.27. The van der Waals surface area contributed by atoms with E-state index in [0.29, 0.717) is 6.42 Å². The van der Waals surface area contributed by atoms with E-state index in [-0.39, 0.29) is 5.92 Å². The third kappa shape index (κ3) is 2.45. The summed E-state index contributed by atoms with van der Waals surface area (Å²) in [5, 5.41) is 0. The number of hydrogen-bond donors (Lipinski definition) is 0. The van der Waals surface area contributed by atoms with Crippen molar-refractivity contribution in [1.82, 2.24) is 0 Å². The molecule has 0 bridgehead atoms. The quantitative estimate of drug-likeness (QED) is 0.719. The van der Waals surface area contributed by atoms with Gasteiger partial charge in [0.05, 0.1) is 0 Å². The number of rotatable bonds is 2. The number of benzene rings is 1. The highest BCUT2D eigenvalue weighted by molar-refractivity contribution is 9.10. The van der Waals surface area contributed by atoms with Gasteiger partial charge in [-0.25, -0.2) is 8.78 Å². The summed E-state index contributed by atoms with van der Waals surface area (Å²) in [4.78, 5) is 0. The van der Waals surface area contributed by atoms with Gasteiger partial charge in [0, 0.05) is 10.4 Å². The van der Waals surface area contributed by atoms with Crippen LogP contribution in [0.15, 0.2) is 28.7 Å². The lowest BCUT2D eigenvalue weighted by Gasteiger charge is -2.31. The molecule has 1 aromatic rings. The Morgan fingerprint density at radius 2 is 1.81 bits per heavy atom. The van der Waals surface area contributed by atoms with Crippen molar-refractivity contribution in [2.45, 2.75) is 38.0 Å². The van der Waals surface area contributed by atoms with Crippen molar-refractivity contribution in [3.8, 4) is 0 Å². The van der Waals surface area contributed by atoms with Crippen LogP contribution in [0.4, 0.5) is 8.78 Å². The van der Waals surface area contributed by atoms with Gasteiger partial charge in [-0.15, -0.1) is 0 Å². The van der Waals surface area contributed by atoms with E-state index in [2.05, 4.69) is 15.9 Å². The predicted octanol–water partition coefficient (Wildman–Crippen LogP) is 4.99. The molecule has 1 aromatic carbocycles. The zero-order valence-electron chi connectivity index (χ0n) is 9.00. The number of halogens is 3.